The molecule has 2 aliphatic rings. The van der Waals surface area contributed by atoms with Crippen molar-refractivity contribution in [2.45, 2.75) is 64.5 Å². The van der Waals surface area contributed by atoms with Gasteiger partial charge >= 0.3 is 0 Å². The fraction of sp³-hybridized carbons (Fsp3) is 0.500. The van der Waals surface area contributed by atoms with Gasteiger partial charge in [-0.1, -0.05) is 6.07 Å². The van der Waals surface area contributed by atoms with Gasteiger partial charge in [0.05, 0.1) is 23.2 Å². The van der Waals surface area contributed by atoms with E-state index in [1.54, 1.807) is 13.8 Å². The highest BCUT2D eigenvalue weighted by atomic mass is 16.3. The van der Waals surface area contributed by atoms with Crippen molar-refractivity contribution in [2.24, 2.45) is 0 Å². The van der Waals surface area contributed by atoms with Crippen LogP contribution in [0.5, 0.6) is 0 Å². The molecule has 0 bridgehead atoms. The van der Waals surface area contributed by atoms with Gasteiger partial charge in [0.25, 0.3) is 5.91 Å². The van der Waals surface area contributed by atoms with E-state index in [2.05, 4.69) is 20.5 Å². The van der Waals surface area contributed by atoms with Gasteiger partial charge < -0.3 is 20.6 Å². The van der Waals surface area contributed by atoms with E-state index in [1.807, 2.05) is 41.9 Å². The van der Waals surface area contributed by atoms with E-state index >= 15 is 0 Å². The number of aromatic nitrogens is 3. The van der Waals surface area contributed by atoms with Crippen molar-refractivity contribution < 1.29 is 9.90 Å². The molecule has 0 atom stereocenters. The van der Waals surface area contributed by atoms with E-state index in [4.69, 9.17) is 5.10 Å². The summed E-state index contributed by atoms with van der Waals surface area (Å²) in [5.74, 6) is 0.898. The lowest BCUT2D eigenvalue weighted by molar-refractivity contribution is 0.0940. The van der Waals surface area contributed by atoms with Crippen LogP contribution >= 0.6 is 0 Å². The van der Waals surface area contributed by atoms with Crippen LogP contribution in [0.2, 0.25) is 0 Å². The number of aryl methyl sites for hydroxylation is 1. The number of imidazole rings is 1. The Bertz CT molecular complexity index is 1200. The maximum Gasteiger partial charge on any atom is 0.251 e. The maximum atomic E-state index is 12.6. The van der Waals surface area contributed by atoms with Gasteiger partial charge in [0.1, 0.15) is 0 Å². The van der Waals surface area contributed by atoms with Crippen molar-refractivity contribution in [3.05, 3.63) is 41.6 Å². The second-order valence-corrected chi connectivity index (χ2v) is 10.3. The third-order valence-corrected chi connectivity index (χ3v) is 6.53. The second-order valence-electron chi connectivity index (χ2n) is 10.3. The number of fused-ring (bicyclic) bond motifs is 1. The molecule has 3 heterocycles. The number of anilines is 2. The monoisotopic (exact) mass is 462 g/mol. The topological polar surface area (TPSA) is 94.8 Å². The molecule has 0 spiro atoms. The van der Waals surface area contributed by atoms with Gasteiger partial charge in [0.15, 0.2) is 11.5 Å². The van der Waals surface area contributed by atoms with Crippen molar-refractivity contribution in [3.63, 3.8) is 0 Å². The smallest absolute Gasteiger partial charge is 0.251 e. The predicted molar refractivity (Wildman–Crippen MR) is 134 cm³/mol. The Kier molecular flexibility index (Phi) is 5.93. The highest BCUT2D eigenvalue weighted by Gasteiger charge is 2.25. The van der Waals surface area contributed by atoms with Crippen molar-refractivity contribution in [2.75, 3.05) is 29.9 Å². The number of hydrogen-bond acceptors (Lipinski definition) is 6. The molecule has 1 saturated carbocycles. The third-order valence-electron chi connectivity index (χ3n) is 6.53. The Morgan fingerprint density at radius 3 is 2.62 bits per heavy atom. The molecule has 180 valence electrons. The largest absolute Gasteiger partial charge is 0.389 e. The fourth-order valence-corrected chi connectivity index (χ4v) is 4.44. The molecule has 1 saturated heterocycles. The molecule has 1 aromatic carbocycles. The standard InChI is InChI=1S/C26H34N6O2/c1-17-13-18(7-10-20(17)25(33)29-19-8-9-19)22-15-27-24-21(28-16-26(2,3)34)14-23(30-32(22)24)31-11-5-4-6-12-31/h7,10,13-15,19,28,34H,4-6,8-9,11-12,16H2,1-3H3,(H,29,33). The highest BCUT2D eigenvalue weighted by Crippen LogP contribution is 2.30. The fourth-order valence-electron chi connectivity index (χ4n) is 4.44. The first-order chi connectivity index (χ1) is 16.3. The molecular formula is C26H34N6O2. The van der Waals surface area contributed by atoms with Crippen LogP contribution < -0.4 is 15.5 Å². The second kappa shape index (κ2) is 8.91. The van der Waals surface area contributed by atoms with Crippen LogP contribution in [0.4, 0.5) is 11.5 Å². The Labute approximate surface area is 200 Å². The van der Waals surface area contributed by atoms with Gasteiger partial charge in [-0.2, -0.15) is 0 Å². The number of amides is 1. The minimum Gasteiger partial charge on any atom is -0.389 e. The van der Waals surface area contributed by atoms with Crippen molar-refractivity contribution in [3.8, 4) is 11.3 Å². The van der Waals surface area contributed by atoms with Gasteiger partial charge in [-0.3, -0.25) is 4.79 Å². The normalized spacial score (nSPS) is 16.6. The first kappa shape index (κ1) is 22.7. The summed E-state index contributed by atoms with van der Waals surface area (Å²) >= 11 is 0. The van der Waals surface area contributed by atoms with E-state index in [0.29, 0.717) is 23.8 Å². The summed E-state index contributed by atoms with van der Waals surface area (Å²) in [6.07, 6.45) is 7.53. The average molecular weight is 463 g/mol. The van der Waals surface area contributed by atoms with Crippen LogP contribution in [0.15, 0.2) is 30.5 Å². The Morgan fingerprint density at radius 2 is 1.94 bits per heavy atom. The van der Waals surface area contributed by atoms with Crippen LogP contribution in [0.25, 0.3) is 16.9 Å². The van der Waals surface area contributed by atoms with Crippen molar-refractivity contribution in [1.29, 1.82) is 0 Å². The molecule has 1 aliphatic heterocycles. The SMILES string of the molecule is Cc1cc(-c2cnc3c(NCC(C)(C)O)cc(N4CCCCC4)nn23)ccc1C(=O)NC1CC1. The Hall–Kier alpha value is -3.13. The lowest BCUT2D eigenvalue weighted by Gasteiger charge is -2.28. The molecule has 8 nitrogen and oxygen atoms in total. The van der Waals surface area contributed by atoms with Gasteiger partial charge in [-0.25, -0.2) is 9.50 Å². The van der Waals surface area contributed by atoms with Crippen LogP contribution in [0.1, 0.15) is 61.9 Å². The summed E-state index contributed by atoms with van der Waals surface area (Å²) in [7, 11) is 0. The molecule has 1 amide bonds. The van der Waals surface area contributed by atoms with E-state index in [0.717, 1.165) is 67.1 Å². The van der Waals surface area contributed by atoms with Crippen LogP contribution in [0.3, 0.4) is 0 Å². The van der Waals surface area contributed by atoms with Crippen LogP contribution in [0, 0.1) is 6.92 Å². The highest BCUT2D eigenvalue weighted by molar-refractivity contribution is 5.96. The summed E-state index contributed by atoms with van der Waals surface area (Å²) in [5.41, 5.74) is 4.18. The molecule has 0 unspecified atom stereocenters. The molecule has 5 rings (SSSR count). The summed E-state index contributed by atoms with van der Waals surface area (Å²) < 4.78 is 1.88. The molecule has 2 fully saturated rings. The molecule has 34 heavy (non-hydrogen) atoms. The molecule has 8 heteroatoms. The number of nitrogens with one attached hydrogen (secondary N) is 2. The number of carbonyl (C=O) groups is 1. The number of carbonyl (C=O) groups excluding carboxylic acids is 1. The lowest BCUT2D eigenvalue weighted by atomic mass is 10.0. The van der Waals surface area contributed by atoms with E-state index in [-0.39, 0.29) is 5.91 Å². The number of aliphatic hydroxyl groups is 1. The zero-order valence-electron chi connectivity index (χ0n) is 20.3. The van der Waals surface area contributed by atoms with Gasteiger partial charge in [-0.15, -0.1) is 5.10 Å². The maximum absolute atomic E-state index is 12.6. The number of benzene rings is 1. The third kappa shape index (κ3) is 4.87. The van der Waals surface area contributed by atoms with Gasteiger partial charge in [0.2, 0.25) is 0 Å². The first-order valence-electron chi connectivity index (χ1n) is 12.3. The zero-order valence-corrected chi connectivity index (χ0v) is 20.3. The molecule has 3 aromatic rings. The number of piperidine rings is 1. The van der Waals surface area contributed by atoms with E-state index < -0.39 is 5.60 Å². The lowest BCUT2D eigenvalue weighted by Crippen LogP contribution is -2.32. The molecule has 0 radical (unpaired) electrons. The van der Waals surface area contributed by atoms with Crippen molar-refractivity contribution in [1.82, 2.24) is 19.9 Å². The minimum atomic E-state index is -0.852. The minimum absolute atomic E-state index is 0.00620. The summed E-state index contributed by atoms with van der Waals surface area (Å²) in [4.78, 5) is 19.6. The molecule has 3 N–H and O–H groups in total. The molecule has 2 aromatic heterocycles. The summed E-state index contributed by atoms with van der Waals surface area (Å²) in [5, 5.41) is 21.7. The zero-order chi connectivity index (χ0) is 23.9. The van der Waals surface area contributed by atoms with Gasteiger partial charge in [-0.05, 0) is 70.6 Å². The average Bonchev–Trinajstić information content (AvgIpc) is 3.52. The quantitative estimate of drug-likeness (QED) is 0.495. The molecule has 1 aliphatic carbocycles. The van der Waals surface area contributed by atoms with E-state index in [9.17, 15) is 9.90 Å². The van der Waals surface area contributed by atoms with Gasteiger partial charge in [0, 0.05) is 42.9 Å². The molecular weight excluding hydrogens is 428 g/mol. The van der Waals surface area contributed by atoms with Crippen molar-refractivity contribution >= 4 is 23.1 Å². The number of rotatable bonds is 7. The predicted octanol–water partition coefficient (Wildman–Crippen LogP) is 3.77. The van der Waals surface area contributed by atoms with Crippen LogP contribution in [-0.2, 0) is 0 Å². The van der Waals surface area contributed by atoms with Crippen LogP contribution in [-0.4, -0.2) is 56.9 Å². The first-order valence-corrected chi connectivity index (χ1v) is 12.3. The van der Waals surface area contributed by atoms with E-state index in [1.165, 1.54) is 6.42 Å². The summed E-state index contributed by atoms with van der Waals surface area (Å²) in [6, 6.07) is 8.27. The summed E-state index contributed by atoms with van der Waals surface area (Å²) in [6.45, 7) is 7.90. The number of nitrogens with zero attached hydrogens (tertiary/aromatic N) is 4. The Morgan fingerprint density at radius 1 is 1.18 bits per heavy atom. The Balaban J connectivity index is 1.53. The number of hydrogen-bond donors (Lipinski definition) is 3.